The summed E-state index contributed by atoms with van der Waals surface area (Å²) >= 11 is 0. The molecule has 0 aliphatic carbocycles. The number of amides is 1. The summed E-state index contributed by atoms with van der Waals surface area (Å²) in [7, 11) is 0. The minimum absolute atomic E-state index is 0.0191. The van der Waals surface area contributed by atoms with E-state index < -0.39 is 12.1 Å². The van der Waals surface area contributed by atoms with Crippen molar-refractivity contribution in [1.29, 1.82) is 0 Å². The summed E-state index contributed by atoms with van der Waals surface area (Å²) in [5.41, 5.74) is 0. The molecule has 0 aromatic heterocycles. The molecule has 79 heavy (non-hydrogen) atoms. The molecule has 0 saturated carbocycles. The average molecular weight is 1110 g/mol. The Labute approximate surface area is 494 Å². The van der Waals surface area contributed by atoms with Crippen LogP contribution < -0.4 is 5.32 Å². The van der Waals surface area contributed by atoms with Crippen LogP contribution in [0.5, 0.6) is 0 Å². The zero-order valence-corrected chi connectivity index (χ0v) is 53.4. The number of rotatable bonds is 67. The van der Waals surface area contributed by atoms with E-state index in [1.54, 1.807) is 6.08 Å². The Morgan fingerprint density at radius 2 is 0.633 bits per heavy atom. The summed E-state index contributed by atoms with van der Waals surface area (Å²) in [5, 5.41) is 23.0. The minimum Gasteiger partial charge on any atom is -0.466 e. The first-order chi connectivity index (χ1) is 39.0. The van der Waals surface area contributed by atoms with Crippen LogP contribution in [0.3, 0.4) is 0 Å². The van der Waals surface area contributed by atoms with Crippen LogP contribution in [0.25, 0.3) is 0 Å². The van der Waals surface area contributed by atoms with E-state index in [2.05, 4.69) is 43.5 Å². The third-order valence-electron chi connectivity index (χ3n) is 16.7. The van der Waals surface area contributed by atoms with Gasteiger partial charge in [0.15, 0.2) is 0 Å². The molecule has 0 radical (unpaired) electrons. The predicted molar refractivity (Wildman–Crippen MR) is 347 cm³/mol. The van der Waals surface area contributed by atoms with Crippen molar-refractivity contribution in [3.63, 3.8) is 0 Å². The summed E-state index contributed by atoms with van der Waals surface area (Å²) in [4.78, 5) is 24.5. The molecule has 2 atom stereocenters. The van der Waals surface area contributed by atoms with Gasteiger partial charge in [-0.3, -0.25) is 9.59 Å². The maximum atomic E-state index is 12.4. The van der Waals surface area contributed by atoms with Gasteiger partial charge in [0, 0.05) is 12.8 Å². The monoisotopic (exact) mass is 1110 g/mol. The van der Waals surface area contributed by atoms with Crippen LogP contribution in [-0.2, 0) is 14.3 Å². The highest BCUT2D eigenvalue weighted by Crippen LogP contribution is 2.18. The second-order valence-corrected chi connectivity index (χ2v) is 24.6. The molecule has 0 bridgehead atoms. The van der Waals surface area contributed by atoms with Gasteiger partial charge < -0.3 is 20.3 Å². The Bertz CT molecular complexity index is 1280. The largest absolute Gasteiger partial charge is 0.466 e. The summed E-state index contributed by atoms with van der Waals surface area (Å²) in [6, 6.07) is -0.625. The molecule has 466 valence electrons. The molecule has 0 aliphatic rings. The lowest BCUT2D eigenvalue weighted by Crippen LogP contribution is -2.45. The number of hydrogen-bond donors (Lipinski definition) is 3. The van der Waals surface area contributed by atoms with Gasteiger partial charge in [-0.15, -0.1) is 0 Å². The first kappa shape index (κ1) is 77.1. The van der Waals surface area contributed by atoms with E-state index in [9.17, 15) is 19.8 Å². The minimum atomic E-state index is -0.841. The first-order valence-electron chi connectivity index (χ1n) is 35.8. The van der Waals surface area contributed by atoms with Crippen LogP contribution >= 0.6 is 0 Å². The number of aliphatic hydroxyl groups excluding tert-OH is 2. The zero-order valence-electron chi connectivity index (χ0n) is 53.4. The van der Waals surface area contributed by atoms with Gasteiger partial charge in [-0.25, -0.2) is 0 Å². The topological polar surface area (TPSA) is 95.9 Å². The molecular weight excluding hydrogens is 971 g/mol. The maximum Gasteiger partial charge on any atom is 0.305 e. The van der Waals surface area contributed by atoms with Crippen molar-refractivity contribution in [2.24, 2.45) is 0 Å². The van der Waals surface area contributed by atoms with Gasteiger partial charge in [0.1, 0.15) is 0 Å². The van der Waals surface area contributed by atoms with Gasteiger partial charge in [-0.05, 0) is 64.2 Å². The van der Waals surface area contributed by atoms with Gasteiger partial charge in [0.25, 0.3) is 0 Å². The Hall–Kier alpha value is -1.92. The van der Waals surface area contributed by atoms with Crippen molar-refractivity contribution in [3.05, 3.63) is 36.5 Å². The van der Waals surface area contributed by atoms with Crippen LogP contribution in [0.15, 0.2) is 36.5 Å². The highest BCUT2D eigenvalue weighted by atomic mass is 16.5. The Kier molecular flexibility index (Phi) is 66.9. The van der Waals surface area contributed by atoms with Gasteiger partial charge in [0.2, 0.25) is 5.91 Å². The lowest BCUT2D eigenvalue weighted by atomic mass is 10.0. The number of ether oxygens (including phenoxy) is 1. The van der Waals surface area contributed by atoms with Crippen LogP contribution in [0.1, 0.15) is 393 Å². The van der Waals surface area contributed by atoms with Crippen LogP contribution in [0, 0.1) is 0 Å². The number of aliphatic hydroxyl groups is 2. The molecule has 0 spiro atoms. The SMILES string of the molecule is CCCCCCCCCC/C=C/C(O)C(CO)NC(=O)CCCCCCCCCCCCCCCCCCC/C=C\C/C=C\CCCCCCCCCCCOC(=O)CCCCCCCCCCCCCCCCCCCCC. The molecule has 1 amide bonds. The molecule has 0 aliphatic heterocycles. The molecule has 6 nitrogen and oxygen atoms in total. The fourth-order valence-corrected chi connectivity index (χ4v) is 11.2. The van der Waals surface area contributed by atoms with Crippen molar-refractivity contribution in [3.8, 4) is 0 Å². The lowest BCUT2D eigenvalue weighted by molar-refractivity contribution is -0.143. The van der Waals surface area contributed by atoms with Crippen molar-refractivity contribution >= 4 is 11.9 Å². The summed E-state index contributed by atoms with van der Waals surface area (Å²) in [5.74, 6) is -0.0477. The average Bonchev–Trinajstić information content (AvgIpc) is 3.45. The zero-order chi connectivity index (χ0) is 57.1. The number of esters is 1. The molecule has 0 rings (SSSR count). The van der Waals surface area contributed by atoms with E-state index >= 15 is 0 Å². The quantitative estimate of drug-likeness (QED) is 0.0320. The van der Waals surface area contributed by atoms with Gasteiger partial charge in [-0.1, -0.05) is 352 Å². The van der Waals surface area contributed by atoms with E-state index in [1.165, 1.54) is 321 Å². The highest BCUT2D eigenvalue weighted by Gasteiger charge is 2.18. The van der Waals surface area contributed by atoms with Crippen LogP contribution in [0.2, 0.25) is 0 Å². The third-order valence-corrected chi connectivity index (χ3v) is 16.7. The summed E-state index contributed by atoms with van der Waals surface area (Å²) < 4.78 is 5.51. The number of nitrogens with one attached hydrogen (secondary N) is 1. The third kappa shape index (κ3) is 65.1. The highest BCUT2D eigenvalue weighted by molar-refractivity contribution is 5.76. The number of hydrogen-bond acceptors (Lipinski definition) is 5. The van der Waals surface area contributed by atoms with Crippen LogP contribution in [0.4, 0.5) is 0 Å². The molecular formula is C73H139NO5. The second-order valence-electron chi connectivity index (χ2n) is 24.6. The normalized spacial score (nSPS) is 12.7. The Balaban J connectivity index is 3.35. The van der Waals surface area contributed by atoms with Crippen molar-refractivity contribution < 1.29 is 24.5 Å². The molecule has 0 aromatic rings. The first-order valence-corrected chi connectivity index (χ1v) is 35.8. The maximum absolute atomic E-state index is 12.4. The number of carbonyl (C=O) groups is 2. The molecule has 2 unspecified atom stereocenters. The summed E-state index contributed by atoms with van der Waals surface area (Å²) in [6.07, 6.45) is 88.2. The standard InChI is InChI=1S/C73H139NO5/c1-3-5-7-9-11-13-15-16-17-18-34-38-41-44-47-51-55-59-63-67-73(78)79-68-64-60-56-52-48-45-42-39-36-33-31-29-27-25-23-21-19-20-22-24-26-28-30-32-35-37-40-43-46-50-54-58-62-66-72(77)74-70(69-75)71(76)65-61-57-53-49-14-12-10-8-6-4-2/h23,25,29,31,61,65,70-71,75-76H,3-22,24,26-28,30,32-60,62-64,66-69H2,1-2H3,(H,74,77)/b25-23-,31-29-,65-61+. The van der Waals surface area contributed by atoms with Crippen molar-refractivity contribution in [2.45, 2.75) is 405 Å². The smallest absolute Gasteiger partial charge is 0.305 e. The van der Waals surface area contributed by atoms with E-state index in [0.29, 0.717) is 19.4 Å². The second kappa shape index (κ2) is 68.6. The summed E-state index contributed by atoms with van der Waals surface area (Å²) in [6.45, 7) is 4.91. The number of allylic oxidation sites excluding steroid dienone is 5. The molecule has 0 saturated heterocycles. The van der Waals surface area contributed by atoms with Crippen molar-refractivity contribution in [2.75, 3.05) is 13.2 Å². The van der Waals surface area contributed by atoms with E-state index in [4.69, 9.17) is 4.74 Å². The molecule has 0 aromatic carbocycles. The van der Waals surface area contributed by atoms with Gasteiger partial charge >= 0.3 is 5.97 Å². The van der Waals surface area contributed by atoms with Crippen molar-refractivity contribution in [1.82, 2.24) is 5.32 Å². The molecule has 0 fully saturated rings. The fourth-order valence-electron chi connectivity index (χ4n) is 11.2. The molecule has 6 heteroatoms. The Morgan fingerprint density at radius 1 is 0.354 bits per heavy atom. The van der Waals surface area contributed by atoms with Gasteiger partial charge in [-0.2, -0.15) is 0 Å². The molecule has 0 heterocycles. The van der Waals surface area contributed by atoms with E-state index in [0.717, 1.165) is 44.9 Å². The number of unbranched alkanes of at least 4 members (excludes halogenated alkanes) is 52. The Morgan fingerprint density at radius 3 is 0.962 bits per heavy atom. The fraction of sp³-hybridized carbons (Fsp3) is 0.890. The molecule has 3 N–H and O–H groups in total. The lowest BCUT2D eigenvalue weighted by Gasteiger charge is -2.20. The van der Waals surface area contributed by atoms with Crippen LogP contribution in [-0.4, -0.2) is 47.4 Å². The van der Waals surface area contributed by atoms with Gasteiger partial charge in [0.05, 0.1) is 25.4 Å². The van der Waals surface area contributed by atoms with E-state index in [-0.39, 0.29) is 18.5 Å². The number of carbonyl (C=O) groups excluding carboxylic acids is 2. The predicted octanol–water partition coefficient (Wildman–Crippen LogP) is 23.1. The van der Waals surface area contributed by atoms with E-state index in [1.807, 2.05) is 6.08 Å².